The van der Waals surface area contributed by atoms with E-state index in [1.165, 1.54) is 66.4 Å². The van der Waals surface area contributed by atoms with E-state index in [1.807, 2.05) is 0 Å². The summed E-state index contributed by atoms with van der Waals surface area (Å²) in [4.78, 5) is 0. The van der Waals surface area contributed by atoms with E-state index in [1.54, 1.807) is 0 Å². The van der Waals surface area contributed by atoms with E-state index in [0.29, 0.717) is 0 Å². The van der Waals surface area contributed by atoms with Gasteiger partial charge >= 0.3 is 0 Å². The number of hydrogen-bond acceptors (Lipinski definition) is 0. The zero-order valence-electron chi connectivity index (χ0n) is 22.4. The van der Waals surface area contributed by atoms with Crippen LogP contribution in [0.25, 0.3) is 27.5 Å². The third-order valence-corrected chi connectivity index (χ3v) is 8.37. The van der Waals surface area contributed by atoms with Crippen LogP contribution >= 0.6 is 0 Å². The molecule has 1 aliphatic carbocycles. The number of aryl methyl sites for hydroxylation is 1. The minimum absolute atomic E-state index is 0.423. The van der Waals surface area contributed by atoms with E-state index in [0.717, 1.165) is 0 Å². The van der Waals surface area contributed by atoms with Crippen molar-refractivity contribution < 1.29 is 0 Å². The van der Waals surface area contributed by atoms with Gasteiger partial charge in [-0.3, -0.25) is 0 Å². The first-order valence-electron chi connectivity index (χ1n) is 13.7. The molecule has 0 bridgehead atoms. The summed E-state index contributed by atoms with van der Waals surface area (Å²) in [6.45, 7) is 4.37. The van der Waals surface area contributed by atoms with Crippen molar-refractivity contribution in [3.05, 3.63) is 185 Å². The Labute approximate surface area is 230 Å². The van der Waals surface area contributed by atoms with E-state index in [4.69, 9.17) is 0 Å². The molecule has 6 aromatic rings. The standard InChI is InChI=1S/C39H30/c1-3-31(28-15-7-4-8-16-28)35-26-37-38(33-22-14-13-21-32(33)35)34-24-23-27(2)25-36(34)39(37,29-17-9-5-10-18-29)30-19-11-6-12-20-30/h3-26H,1-2H3. The quantitative estimate of drug-likeness (QED) is 0.226. The van der Waals surface area contributed by atoms with E-state index in [9.17, 15) is 0 Å². The highest BCUT2D eigenvalue weighted by Crippen LogP contribution is 2.58. The molecule has 0 fully saturated rings. The molecular weight excluding hydrogens is 468 g/mol. The van der Waals surface area contributed by atoms with Crippen molar-refractivity contribution in [2.75, 3.05) is 0 Å². The highest BCUT2D eigenvalue weighted by atomic mass is 14.5. The van der Waals surface area contributed by atoms with Gasteiger partial charge in [-0.05, 0) is 80.8 Å². The maximum atomic E-state index is 2.50. The minimum Gasteiger partial charge on any atom is -0.0792 e. The summed E-state index contributed by atoms with van der Waals surface area (Å²) < 4.78 is 0. The van der Waals surface area contributed by atoms with Crippen molar-refractivity contribution in [1.82, 2.24) is 0 Å². The van der Waals surface area contributed by atoms with Gasteiger partial charge in [-0.15, -0.1) is 0 Å². The van der Waals surface area contributed by atoms with Crippen LogP contribution in [0.15, 0.2) is 146 Å². The first-order chi connectivity index (χ1) is 19.2. The second-order valence-corrected chi connectivity index (χ2v) is 10.5. The Morgan fingerprint density at radius 2 is 1.13 bits per heavy atom. The van der Waals surface area contributed by atoms with Crippen molar-refractivity contribution in [1.29, 1.82) is 0 Å². The average Bonchev–Trinajstić information content (AvgIpc) is 3.29. The van der Waals surface area contributed by atoms with Crippen LogP contribution in [0, 0.1) is 6.92 Å². The summed E-state index contributed by atoms with van der Waals surface area (Å²) in [7, 11) is 0. The fourth-order valence-corrected chi connectivity index (χ4v) is 6.78. The van der Waals surface area contributed by atoms with Crippen molar-refractivity contribution in [2.24, 2.45) is 0 Å². The predicted octanol–water partition coefficient (Wildman–Crippen LogP) is 9.96. The normalized spacial score (nSPS) is 13.7. The third-order valence-electron chi connectivity index (χ3n) is 8.37. The molecule has 0 atom stereocenters. The van der Waals surface area contributed by atoms with Crippen molar-refractivity contribution in [3.63, 3.8) is 0 Å². The molecule has 186 valence electrons. The van der Waals surface area contributed by atoms with E-state index in [2.05, 4.69) is 159 Å². The zero-order valence-corrected chi connectivity index (χ0v) is 22.4. The summed E-state index contributed by atoms with van der Waals surface area (Å²) in [5.41, 5.74) is 12.6. The smallest absolute Gasteiger partial charge is 0.0714 e. The Morgan fingerprint density at radius 1 is 0.564 bits per heavy atom. The van der Waals surface area contributed by atoms with Crippen LogP contribution < -0.4 is 0 Å². The molecule has 0 unspecified atom stereocenters. The lowest BCUT2D eigenvalue weighted by atomic mass is 9.67. The summed E-state index contributed by atoms with van der Waals surface area (Å²) in [5.74, 6) is 0. The molecule has 0 heteroatoms. The molecule has 0 aliphatic heterocycles. The average molecular weight is 499 g/mol. The van der Waals surface area contributed by atoms with Crippen LogP contribution in [0.4, 0.5) is 0 Å². The van der Waals surface area contributed by atoms with Crippen LogP contribution in [0.3, 0.4) is 0 Å². The Morgan fingerprint density at radius 3 is 1.74 bits per heavy atom. The van der Waals surface area contributed by atoms with Gasteiger partial charge in [0.1, 0.15) is 0 Å². The molecule has 0 N–H and O–H groups in total. The lowest BCUT2D eigenvalue weighted by Gasteiger charge is -2.34. The molecule has 6 aromatic carbocycles. The summed E-state index contributed by atoms with van der Waals surface area (Å²) >= 11 is 0. The number of rotatable bonds is 4. The first-order valence-corrected chi connectivity index (χ1v) is 13.7. The van der Waals surface area contributed by atoms with Gasteiger partial charge in [-0.2, -0.15) is 0 Å². The maximum absolute atomic E-state index is 2.50. The highest BCUT2D eigenvalue weighted by molar-refractivity contribution is 6.09. The van der Waals surface area contributed by atoms with Gasteiger partial charge < -0.3 is 0 Å². The highest BCUT2D eigenvalue weighted by Gasteiger charge is 2.47. The summed E-state index contributed by atoms with van der Waals surface area (Å²) in [6.07, 6.45) is 2.27. The second-order valence-electron chi connectivity index (χ2n) is 10.5. The van der Waals surface area contributed by atoms with Gasteiger partial charge in [0.05, 0.1) is 5.41 Å². The van der Waals surface area contributed by atoms with Crippen molar-refractivity contribution in [2.45, 2.75) is 19.3 Å². The molecule has 0 nitrogen and oxygen atoms in total. The Hall–Kier alpha value is -4.68. The Bertz CT molecular complexity index is 1800. The van der Waals surface area contributed by atoms with E-state index in [-0.39, 0.29) is 0 Å². The maximum Gasteiger partial charge on any atom is 0.0714 e. The molecule has 0 saturated carbocycles. The molecule has 0 radical (unpaired) electrons. The van der Waals surface area contributed by atoms with Gasteiger partial charge in [0.25, 0.3) is 0 Å². The van der Waals surface area contributed by atoms with Gasteiger partial charge in [0.15, 0.2) is 0 Å². The van der Waals surface area contributed by atoms with Crippen LogP contribution in [0.5, 0.6) is 0 Å². The van der Waals surface area contributed by atoms with Crippen molar-refractivity contribution >= 4 is 16.3 Å². The van der Waals surface area contributed by atoms with Crippen LogP contribution in [-0.4, -0.2) is 0 Å². The molecule has 0 amide bonds. The first kappa shape index (κ1) is 23.4. The van der Waals surface area contributed by atoms with Gasteiger partial charge in [-0.25, -0.2) is 0 Å². The topological polar surface area (TPSA) is 0 Å². The largest absolute Gasteiger partial charge is 0.0792 e. The van der Waals surface area contributed by atoms with Gasteiger partial charge in [0, 0.05) is 0 Å². The molecule has 0 aromatic heterocycles. The fraction of sp³-hybridized carbons (Fsp3) is 0.0769. The van der Waals surface area contributed by atoms with Gasteiger partial charge in [-0.1, -0.05) is 145 Å². The molecule has 0 heterocycles. The number of hydrogen-bond donors (Lipinski definition) is 0. The lowest BCUT2D eigenvalue weighted by Crippen LogP contribution is -2.28. The number of benzene rings is 6. The lowest BCUT2D eigenvalue weighted by molar-refractivity contribution is 0.768. The van der Waals surface area contributed by atoms with Crippen LogP contribution in [0.1, 0.15) is 45.9 Å². The monoisotopic (exact) mass is 498 g/mol. The molecule has 7 rings (SSSR count). The minimum atomic E-state index is -0.423. The van der Waals surface area contributed by atoms with Crippen molar-refractivity contribution in [3.8, 4) is 11.1 Å². The molecule has 39 heavy (non-hydrogen) atoms. The Kier molecular flexibility index (Phi) is 5.56. The predicted molar refractivity (Wildman–Crippen MR) is 165 cm³/mol. The van der Waals surface area contributed by atoms with E-state index >= 15 is 0 Å². The molecule has 0 saturated heterocycles. The fourth-order valence-electron chi connectivity index (χ4n) is 6.78. The van der Waals surface area contributed by atoms with Crippen LogP contribution in [-0.2, 0) is 5.41 Å². The number of allylic oxidation sites excluding steroid dienone is 1. The molecule has 0 spiro atoms. The van der Waals surface area contributed by atoms with Gasteiger partial charge in [0.2, 0.25) is 0 Å². The zero-order chi connectivity index (χ0) is 26.4. The second kappa shape index (κ2) is 9.26. The third kappa shape index (κ3) is 3.45. The Balaban J connectivity index is 1.69. The summed E-state index contributed by atoms with van der Waals surface area (Å²) in [5, 5.41) is 2.59. The van der Waals surface area contributed by atoms with Crippen LogP contribution in [0.2, 0.25) is 0 Å². The SMILES string of the molecule is CC=C(c1ccccc1)c1cc2c(c3ccccc13)-c1ccc(C)cc1C2(c1ccccc1)c1ccccc1. The summed E-state index contributed by atoms with van der Waals surface area (Å²) in [6, 6.07) is 51.4. The number of fused-ring (bicyclic) bond motifs is 5. The molecule has 1 aliphatic rings. The van der Waals surface area contributed by atoms with E-state index < -0.39 is 5.41 Å². The molecular formula is C39H30.